The molecule has 1 aromatic heterocycles. The molecule has 1 heterocycles. The van der Waals surface area contributed by atoms with Crippen molar-refractivity contribution in [2.75, 3.05) is 26.8 Å². The fourth-order valence-electron chi connectivity index (χ4n) is 1.46. The van der Waals surface area contributed by atoms with Crippen LogP contribution in [0.2, 0.25) is 0 Å². The first kappa shape index (κ1) is 16.4. The maximum atomic E-state index is 12.5. The lowest BCUT2D eigenvalue weighted by Gasteiger charge is -2.19. The Morgan fingerprint density at radius 3 is 2.79 bits per heavy atom. The molecule has 0 spiro atoms. The Labute approximate surface area is 121 Å². The minimum Gasteiger partial charge on any atom is -0.452 e. The monoisotopic (exact) mass is 352 g/mol. The van der Waals surface area contributed by atoms with E-state index in [0.717, 1.165) is 0 Å². The van der Waals surface area contributed by atoms with E-state index in [2.05, 4.69) is 22.5 Å². The minimum atomic E-state index is -3.67. The van der Waals surface area contributed by atoms with E-state index >= 15 is 0 Å². The van der Waals surface area contributed by atoms with Crippen molar-refractivity contribution in [2.45, 2.75) is 11.4 Å². The van der Waals surface area contributed by atoms with E-state index < -0.39 is 10.0 Å². The van der Waals surface area contributed by atoms with Crippen molar-refractivity contribution in [3.8, 4) is 0 Å². The van der Waals surface area contributed by atoms with Gasteiger partial charge in [-0.1, -0.05) is 6.08 Å². The summed E-state index contributed by atoms with van der Waals surface area (Å²) in [4.78, 5) is 0.0610. The van der Waals surface area contributed by atoms with E-state index in [1.54, 1.807) is 0 Å². The van der Waals surface area contributed by atoms with E-state index in [0.29, 0.717) is 12.4 Å². The number of furan rings is 1. The molecule has 0 saturated carbocycles. The molecule has 1 aromatic rings. The van der Waals surface area contributed by atoms with Crippen molar-refractivity contribution >= 4 is 26.0 Å². The van der Waals surface area contributed by atoms with Crippen LogP contribution in [0.15, 0.2) is 32.7 Å². The average Bonchev–Trinajstić information content (AvgIpc) is 2.76. The lowest BCUT2D eigenvalue weighted by Crippen LogP contribution is -2.34. The maximum absolute atomic E-state index is 12.5. The Morgan fingerprint density at radius 2 is 2.32 bits per heavy atom. The molecule has 0 aliphatic carbocycles. The summed E-state index contributed by atoms with van der Waals surface area (Å²) in [5.41, 5.74) is 5.43. The molecule has 0 saturated heterocycles. The van der Waals surface area contributed by atoms with Gasteiger partial charge in [-0.2, -0.15) is 4.31 Å². The third kappa shape index (κ3) is 3.90. The number of hydrogen-bond acceptors (Lipinski definition) is 5. The molecule has 1 rings (SSSR count). The van der Waals surface area contributed by atoms with E-state index in [-0.39, 0.29) is 29.2 Å². The van der Waals surface area contributed by atoms with E-state index in [9.17, 15) is 8.42 Å². The first-order valence-electron chi connectivity index (χ1n) is 5.55. The third-order valence-corrected chi connectivity index (χ3v) is 5.13. The molecule has 0 aliphatic heterocycles. The van der Waals surface area contributed by atoms with Crippen LogP contribution in [0, 0.1) is 0 Å². The normalized spacial score (nSPS) is 12.0. The van der Waals surface area contributed by atoms with Crippen molar-refractivity contribution in [3.63, 3.8) is 0 Å². The van der Waals surface area contributed by atoms with Gasteiger partial charge in [0.1, 0.15) is 10.7 Å². The number of ether oxygens (including phenoxy) is 1. The summed E-state index contributed by atoms with van der Waals surface area (Å²) in [6.07, 6.45) is 1.52. The van der Waals surface area contributed by atoms with Gasteiger partial charge in [-0.3, -0.25) is 0 Å². The molecule has 8 heteroatoms. The molecule has 0 amide bonds. The zero-order valence-corrected chi connectivity index (χ0v) is 13.0. The van der Waals surface area contributed by atoms with Gasteiger partial charge in [-0.25, -0.2) is 8.42 Å². The number of rotatable bonds is 8. The van der Waals surface area contributed by atoms with Crippen LogP contribution in [-0.4, -0.2) is 39.5 Å². The Morgan fingerprint density at radius 1 is 1.63 bits per heavy atom. The molecule has 0 unspecified atom stereocenters. The Balaban J connectivity index is 3.10. The summed E-state index contributed by atoms with van der Waals surface area (Å²) in [7, 11) is -2.16. The molecule has 0 bridgehead atoms. The van der Waals surface area contributed by atoms with Crippen LogP contribution in [0.1, 0.15) is 5.76 Å². The predicted octanol–water partition coefficient (Wildman–Crippen LogP) is 1.32. The fraction of sp³-hybridized carbons (Fsp3) is 0.455. The molecule has 6 nitrogen and oxygen atoms in total. The van der Waals surface area contributed by atoms with Gasteiger partial charge in [0.15, 0.2) is 4.67 Å². The summed E-state index contributed by atoms with van der Waals surface area (Å²) in [6, 6.07) is 1.42. The average molecular weight is 353 g/mol. The lowest BCUT2D eigenvalue weighted by atomic mass is 10.5. The highest BCUT2D eigenvalue weighted by Gasteiger charge is 2.28. The van der Waals surface area contributed by atoms with Gasteiger partial charge in [0.05, 0.1) is 13.2 Å². The van der Waals surface area contributed by atoms with Gasteiger partial charge in [0.2, 0.25) is 10.0 Å². The Kier molecular flexibility index (Phi) is 6.21. The highest BCUT2D eigenvalue weighted by Crippen LogP contribution is 2.28. The second-order valence-electron chi connectivity index (χ2n) is 3.70. The van der Waals surface area contributed by atoms with Gasteiger partial charge < -0.3 is 14.9 Å². The van der Waals surface area contributed by atoms with Gasteiger partial charge in [0.25, 0.3) is 0 Å². The standard InChI is InChI=1S/C11H17BrN2O4S/c1-3-4-14(5-6-17-2)19(15,16)10-7-9(8-13)18-11(10)12/h3,7H,1,4-6,8,13H2,2H3. The smallest absolute Gasteiger partial charge is 0.247 e. The van der Waals surface area contributed by atoms with Crippen molar-refractivity contribution in [1.82, 2.24) is 4.31 Å². The van der Waals surface area contributed by atoms with Crippen LogP contribution in [0.3, 0.4) is 0 Å². The number of methoxy groups -OCH3 is 1. The molecule has 0 aliphatic rings. The van der Waals surface area contributed by atoms with Crippen LogP contribution >= 0.6 is 15.9 Å². The number of nitrogens with two attached hydrogens (primary N) is 1. The maximum Gasteiger partial charge on any atom is 0.247 e. The number of hydrogen-bond donors (Lipinski definition) is 1. The topological polar surface area (TPSA) is 85.8 Å². The van der Waals surface area contributed by atoms with Crippen molar-refractivity contribution in [2.24, 2.45) is 5.73 Å². The number of halogens is 1. The molecule has 0 radical (unpaired) electrons. The summed E-state index contributed by atoms with van der Waals surface area (Å²) < 4.78 is 36.5. The molecular weight excluding hydrogens is 336 g/mol. The summed E-state index contributed by atoms with van der Waals surface area (Å²) in [6.45, 7) is 4.42. The predicted molar refractivity (Wildman–Crippen MR) is 75.1 cm³/mol. The fourth-order valence-corrected chi connectivity index (χ4v) is 3.82. The zero-order valence-electron chi connectivity index (χ0n) is 10.6. The minimum absolute atomic E-state index is 0.0610. The Hall–Kier alpha value is -0.670. The molecule has 0 atom stereocenters. The van der Waals surface area contributed by atoms with Gasteiger partial charge in [0, 0.05) is 26.3 Å². The second-order valence-corrected chi connectivity index (χ2v) is 6.33. The number of sulfonamides is 1. The zero-order chi connectivity index (χ0) is 14.5. The summed E-state index contributed by atoms with van der Waals surface area (Å²) in [5, 5.41) is 0. The highest BCUT2D eigenvalue weighted by atomic mass is 79.9. The molecule has 19 heavy (non-hydrogen) atoms. The Bertz CT molecular complexity index is 527. The number of nitrogens with zero attached hydrogens (tertiary/aromatic N) is 1. The summed E-state index contributed by atoms with van der Waals surface area (Å²) >= 11 is 3.10. The van der Waals surface area contributed by atoms with Gasteiger partial charge in [-0.15, -0.1) is 6.58 Å². The van der Waals surface area contributed by atoms with Gasteiger partial charge in [-0.05, 0) is 15.9 Å². The second kappa shape index (κ2) is 7.20. The highest BCUT2D eigenvalue weighted by molar-refractivity contribution is 9.10. The quantitative estimate of drug-likeness (QED) is 0.713. The lowest BCUT2D eigenvalue weighted by molar-refractivity contribution is 0.182. The molecule has 108 valence electrons. The SMILES string of the molecule is C=CCN(CCOC)S(=O)(=O)c1cc(CN)oc1Br. The van der Waals surface area contributed by atoms with E-state index in [4.69, 9.17) is 14.9 Å². The largest absolute Gasteiger partial charge is 0.452 e. The first-order valence-corrected chi connectivity index (χ1v) is 7.79. The first-order chi connectivity index (χ1) is 8.97. The van der Waals surface area contributed by atoms with Crippen molar-refractivity contribution in [1.29, 1.82) is 0 Å². The molecule has 0 aromatic carbocycles. The van der Waals surface area contributed by atoms with Crippen molar-refractivity contribution in [3.05, 3.63) is 29.2 Å². The third-order valence-electron chi connectivity index (χ3n) is 2.40. The van der Waals surface area contributed by atoms with Crippen molar-refractivity contribution < 1.29 is 17.6 Å². The van der Waals surface area contributed by atoms with E-state index in [1.165, 1.54) is 23.6 Å². The van der Waals surface area contributed by atoms with Gasteiger partial charge >= 0.3 is 0 Å². The van der Waals surface area contributed by atoms with Crippen LogP contribution < -0.4 is 5.73 Å². The summed E-state index contributed by atoms with van der Waals surface area (Å²) in [5.74, 6) is 0.399. The van der Waals surface area contributed by atoms with Crippen LogP contribution in [0.25, 0.3) is 0 Å². The molecular formula is C11H17BrN2O4S. The van der Waals surface area contributed by atoms with Crippen LogP contribution in [0.5, 0.6) is 0 Å². The van der Waals surface area contributed by atoms with Crippen LogP contribution in [-0.2, 0) is 21.3 Å². The molecule has 2 N–H and O–H groups in total. The van der Waals surface area contributed by atoms with Crippen LogP contribution in [0.4, 0.5) is 0 Å². The van der Waals surface area contributed by atoms with E-state index in [1.807, 2.05) is 0 Å². The molecule has 0 fully saturated rings.